The molecule has 13 heavy (non-hydrogen) atoms. The molecule has 0 rings (SSSR count). The number of carboxylic acids is 2. The molecule has 8 N–H and O–H groups in total. The zero-order valence-corrected chi connectivity index (χ0v) is 9.34. The van der Waals surface area contributed by atoms with Crippen molar-refractivity contribution in [3.05, 3.63) is 0 Å². The van der Waals surface area contributed by atoms with Gasteiger partial charge in [-0.1, -0.05) is 20.3 Å². The minimum Gasteiger partial charge on any atom is -0.550 e. The zero-order valence-electron chi connectivity index (χ0n) is 9.34. The number of quaternary nitrogens is 2. The molecular formula is C7H22N2O4. The van der Waals surface area contributed by atoms with Crippen LogP contribution in [0.2, 0.25) is 0 Å². The summed E-state index contributed by atoms with van der Waals surface area (Å²) in [6.07, 6.45) is 1.25. The quantitative estimate of drug-likeness (QED) is 0.547. The van der Waals surface area contributed by atoms with Crippen molar-refractivity contribution in [1.29, 1.82) is 0 Å². The molecule has 0 aromatic rings. The topological polar surface area (TPSA) is 153 Å². The molecule has 0 aromatic heterocycles. The van der Waals surface area contributed by atoms with Gasteiger partial charge in [-0.05, 0) is 13.8 Å². The normalized spacial score (nSPS) is 5.23. The van der Waals surface area contributed by atoms with Crippen molar-refractivity contribution < 1.29 is 19.8 Å². The maximum Gasteiger partial charge on any atom is 0.0383 e. The van der Waals surface area contributed by atoms with Crippen molar-refractivity contribution >= 4 is 11.9 Å². The minimum absolute atomic E-state index is 0. The van der Waals surface area contributed by atoms with Crippen LogP contribution in [0.25, 0.3) is 0 Å². The van der Waals surface area contributed by atoms with Crippen LogP contribution in [0.3, 0.4) is 0 Å². The van der Waals surface area contributed by atoms with E-state index in [1.165, 1.54) is 6.42 Å². The van der Waals surface area contributed by atoms with Gasteiger partial charge in [0.05, 0.1) is 0 Å². The van der Waals surface area contributed by atoms with Gasteiger partial charge in [-0.3, -0.25) is 0 Å². The number of hydrogen-bond donors (Lipinski definition) is 2. The fraction of sp³-hybridized carbons (Fsp3) is 0.714. The van der Waals surface area contributed by atoms with Crippen LogP contribution >= 0.6 is 0 Å². The van der Waals surface area contributed by atoms with Gasteiger partial charge in [-0.25, -0.2) is 0 Å². The average molecular weight is 198 g/mol. The highest BCUT2D eigenvalue weighted by molar-refractivity contribution is 5.60. The van der Waals surface area contributed by atoms with E-state index in [9.17, 15) is 0 Å². The smallest absolute Gasteiger partial charge is 0.0383 e. The first-order chi connectivity index (χ1) is 4.88. The van der Waals surface area contributed by atoms with Crippen molar-refractivity contribution in [2.75, 3.05) is 0 Å². The van der Waals surface area contributed by atoms with E-state index >= 15 is 0 Å². The molecule has 6 heteroatoms. The van der Waals surface area contributed by atoms with Gasteiger partial charge in [0.15, 0.2) is 0 Å². The van der Waals surface area contributed by atoms with Gasteiger partial charge in [0.1, 0.15) is 0 Å². The van der Waals surface area contributed by atoms with E-state index in [0.717, 1.165) is 13.8 Å². The molecule has 0 aromatic carbocycles. The Morgan fingerprint density at radius 3 is 0.923 bits per heavy atom. The number of carbonyl (C=O) groups is 2. The van der Waals surface area contributed by atoms with Gasteiger partial charge < -0.3 is 32.1 Å². The fourth-order valence-electron chi connectivity index (χ4n) is 0. The second-order valence-corrected chi connectivity index (χ2v) is 1.69. The lowest BCUT2D eigenvalue weighted by Crippen LogP contribution is -2.16. The standard InChI is InChI=1S/C3H8.2C2H4O2.2H3N/c1-3-2;2*1-2(3)4;;/h3H2,1-2H3;2*1H3,(H,3,4);2*1H3. The number of aliphatic carboxylic acids is 2. The molecule has 0 aliphatic rings. The Morgan fingerprint density at radius 2 is 0.923 bits per heavy atom. The van der Waals surface area contributed by atoms with E-state index in [4.69, 9.17) is 19.8 Å². The second kappa shape index (κ2) is 30.7. The molecule has 0 saturated heterocycles. The summed E-state index contributed by atoms with van der Waals surface area (Å²) < 4.78 is 0. The van der Waals surface area contributed by atoms with E-state index in [1.54, 1.807) is 0 Å². The molecule has 0 unspecified atom stereocenters. The summed E-state index contributed by atoms with van der Waals surface area (Å²) in [5.41, 5.74) is 0. The Balaban J connectivity index is -0.0000000231. The molecule has 0 spiro atoms. The lowest BCUT2D eigenvalue weighted by Gasteiger charge is -1.77. The summed E-state index contributed by atoms with van der Waals surface area (Å²) in [6, 6.07) is 0. The molecule has 0 aliphatic heterocycles. The number of carbonyl (C=O) groups excluding carboxylic acids is 2. The SMILES string of the molecule is CC(=O)[O-].CC(=O)[O-].CCC.[NH4+].[NH4+]. The summed E-state index contributed by atoms with van der Waals surface area (Å²) in [6.45, 7) is 6.19. The third-order valence-corrected chi connectivity index (χ3v) is 0. The molecule has 0 saturated carbocycles. The molecule has 0 heterocycles. The van der Waals surface area contributed by atoms with E-state index in [2.05, 4.69) is 13.8 Å². The van der Waals surface area contributed by atoms with Crippen molar-refractivity contribution in [3.8, 4) is 0 Å². The molecular weight excluding hydrogens is 176 g/mol. The van der Waals surface area contributed by atoms with Crippen molar-refractivity contribution in [2.24, 2.45) is 0 Å². The van der Waals surface area contributed by atoms with Crippen molar-refractivity contribution in [1.82, 2.24) is 12.3 Å². The third kappa shape index (κ3) is 656. The molecule has 0 atom stereocenters. The minimum atomic E-state index is -1.08. The summed E-state index contributed by atoms with van der Waals surface area (Å²) in [5.74, 6) is -2.17. The predicted octanol–water partition coefficient (Wildman–Crippen LogP) is -0.319. The maximum absolute atomic E-state index is 8.89. The fourth-order valence-corrected chi connectivity index (χ4v) is 0. The molecule has 84 valence electrons. The zero-order chi connectivity index (χ0) is 9.86. The summed E-state index contributed by atoms with van der Waals surface area (Å²) in [4.78, 5) is 17.8. The van der Waals surface area contributed by atoms with Crippen LogP contribution in [0.4, 0.5) is 0 Å². The van der Waals surface area contributed by atoms with Crippen LogP contribution in [-0.2, 0) is 9.59 Å². The van der Waals surface area contributed by atoms with Gasteiger partial charge in [0, 0.05) is 11.9 Å². The highest BCUT2D eigenvalue weighted by Crippen LogP contribution is 1.56. The molecule has 0 fully saturated rings. The average Bonchev–Trinajstić information content (AvgIpc) is 1.60. The van der Waals surface area contributed by atoms with Crippen LogP contribution in [0.1, 0.15) is 34.1 Å². The van der Waals surface area contributed by atoms with Crippen molar-refractivity contribution in [3.63, 3.8) is 0 Å². The van der Waals surface area contributed by atoms with E-state index < -0.39 is 11.9 Å². The molecule has 0 radical (unpaired) electrons. The first kappa shape index (κ1) is 29.7. The van der Waals surface area contributed by atoms with Crippen molar-refractivity contribution in [2.45, 2.75) is 34.1 Å². The maximum atomic E-state index is 8.89. The van der Waals surface area contributed by atoms with Gasteiger partial charge in [0.2, 0.25) is 0 Å². The Hall–Kier alpha value is -1.14. The Morgan fingerprint density at radius 1 is 0.923 bits per heavy atom. The molecule has 0 aliphatic carbocycles. The summed E-state index contributed by atoms with van der Waals surface area (Å²) in [5, 5.41) is 17.8. The first-order valence-electron chi connectivity index (χ1n) is 3.23. The predicted molar refractivity (Wildman–Crippen MR) is 49.3 cm³/mol. The van der Waals surface area contributed by atoms with Crippen LogP contribution in [-0.4, -0.2) is 11.9 Å². The van der Waals surface area contributed by atoms with E-state index in [1.807, 2.05) is 0 Å². The largest absolute Gasteiger partial charge is 0.550 e. The number of hydrogen-bond acceptors (Lipinski definition) is 4. The van der Waals surface area contributed by atoms with Gasteiger partial charge >= 0.3 is 0 Å². The van der Waals surface area contributed by atoms with Gasteiger partial charge in [0.25, 0.3) is 0 Å². The van der Waals surface area contributed by atoms with Crippen LogP contribution < -0.4 is 22.5 Å². The van der Waals surface area contributed by atoms with Gasteiger partial charge in [-0.2, -0.15) is 0 Å². The number of rotatable bonds is 0. The summed E-state index contributed by atoms with van der Waals surface area (Å²) in [7, 11) is 0. The molecule has 0 bridgehead atoms. The Bertz CT molecular complexity index is 86.7. The van der Waals surface area contributed by atoms with Crippen LogP contribution in [0.15, 0.2) is 0 Å². The first-order valence-corrected chi connectivity index (χ1v) is 3.23. The molecule has 6 nitrogen and oxygen atoms in total. The lowest BCUT2D eigenvalue weighted by molar-refractivity contribution is -0.303. The lowest BCUT2D eigenvalue weighted by atomic mass is 10.6. The Labute approximate surface area is 79.1 Å². The molecule has 0 amide bonds. The Kier molecular flexibility index (Phi) is 70.3. The monoisotopic (exact) mass is 198 g/mol. The van der Waals surface area contributed by atoms with Crippen LogP contribution in [0, 0.1) is 0 Å². The van der Waals surface area contributed by atoms with Crippen LogP contribution in [0.5, 0.6) is 0 Å². The van der Waals surface area contributed by atoms with E-state index in [0.29, 0.717) is 0 Å². The second-order valence-electron chi connectivity index (χ2n) is 1.69. The third-order valence-electron chi connectivity index (χ3n) is 0. The highest BCUT2D eigenvalue weighted by atomic mass is 16.4. The number of carboxylic acid groups (broad SMARTS) is 2. The highest BCUT2D eigenvalue weighted by Gasteiger charge is 1.46. The van der Waals surface area contributed by atoms with E-state index in [-0.39, 0.29) is 12.3 Å². The summed E-state index contributed by atoms with van der Waals surface area (Å²) >= 11 is 0. The van der Waals surface area contributed by atoms with Gasteiger partial charge in [-0.15, -0.1) is 0 Å².